The molecule has 0 radical (unpaired) electrons. The number of esters is 1. The summed E-state index contributed by atoms with van der Waals surface area (Å²) in [4.78, 5) is 11.7. The minimum absolute atomic E-state index is 0.103. The molecule has 1 heterocycles. The van der Waals surface area contributed by atoms with Crippen LogP contribution < -0.4 is 5.32 Å². The molecule has 19 heavy (non-hydrogen) atoms. The van der Waals surface area contributed by atoms with E-state index in [2.05, 4.69) is 5.32 Å². The molecule has 1 aromatic rings. The Kier molecular flexibility index (Phi) is 4.22. The van der Waals surface area contributed by atoms with Gasteiger partial charge in [-0.1, -0.05) is 23.7 Å². The Hall–Kier alpha value is -1.81. The lowest BCUT2D eigenvalue weighted by Gasteiger charge is -2.25. The summed E-state index contributed by atoms with van der Waals surface area (Å²) < 4.78 is 4.95. The Morgan fingerprint density at radius 1 is 1.47 bits per heavy atom. The number of ether oxygens (including phenoxy) is 1. The molecule has 4 nitrogen and oxygen atoms in total. The first kappa shape index (κ1) is 13.6. The molecule has 2 rings (SSSR count). The number of nitrogens with one attached hydrogen (secondary N) is 2. The second-order valence-corrected chi connectivity index (χ2v) is 4.69. The van der Waals surface area contributed by atoms with E-state index in [1.165, 1.54) is 6.08 Å². The molecular formula is C14H15ClN2O2. The fraction of sp³-hybridized carbons (Fsp3) is 0.286. The minimum atomic E-state index is -0.425. The van der Waals surface area contributed by atoms with Gasteiger partial charge in [0.2, 0.25) is 0 Å². The van der Waals surface area contributed by atoms with Gasteiger partial charge in [-0.2, -0.15) is 0 Å². The highest BCUT2D eigenvalue weighted by atomic mass is 35.5. The van der Waals surface area contributed by atoms with Crippen molar-refractivity contribution in [2.75, 3.05) is 6.61 Å². The summed E-state index contributed by atoms with van der Waals surface area (Å²) in [5, 5.41) is 11.6. The highest BCUT2D eigenvalue weighted by Crippen LogP contribution is 2.24. The van der Waals surface area contributed by atoms with Crippen LogP contribution in [-0.2, 0) is 9.53 Å². The summed E-state index contributed by atoms with van der Waals surface area (Å²) in [6.45, 7) is 2.07. The lowest BCUT2D eigenvalue weighted by molar-refractivity contribution is -0.139. The fourth-order valence-electron chi connectivity index (χ4n) is 1.96. The van der Waals surface area contributed by atoms with Crippen molar-refractivity contribution in [1.29, 1.82) is 5.41 Å². The van der Waals surface area contributed by atoms with Crippen LogP contribution >= 0.6 is 11.6 Å². The quantitative estimate of drug-likeness (QED) is 0.836. The third-order valence-corrected chi connectivity index (χ3v) is 3.09. The van der Waals surface area contributed by atoms with Crippen LogP contribution in [0.1, 0.15) is 24.9 Å². The van der Waals surface area contributed by atoms with Crippen LogP contribution in [-0.4, -0.2) is 18.3 Å². The molecule has 0 saturated carbocycles. The highest BCUT2D eigenvalue weighted by molar-refractivity contribution is 6.30. The Labute approximate surface area is 116 Å². The molecule has 1 aromatic carbocycles. The molecule has 1 unspecified atom stereocenters. The van der Waals surface area contributed by atoms with E-state index in [1.54, 1.807) is 19.1 Å². The maximum Gasteiger partial charge on any atom is 0.354 e. The van der Waals surface area contributed by atoms with E-state index < -0.39 is 5.97 Å². The topological polar surface area (TPSA) is 62.2 Å². The van der Waals surface area contributed by atoms with E-state index in [9.17, 15) is 4.79 Å². The van der Waals surface area contributed by atoms with Crippen LogP contribution in [0.4, 0.5) is 0 Å². The first-order valence-corrected chi connectivity index (χ1v) is 6.46. The summed E-state index contributed by atoms with van der Waals surface area (Å²) in [5.74, 6) is -0.425. The molecule has 2 N–H and O–H groups in total. The zero-order chi connectivity index (χ0) is 13.8. The number of carbonyl (C=O) groups is 1. The normalized spacial score (nSPS) is 18.5. The number of rotatable bonds is 3. The molecule has 0 amide bonds. The number of allylic oxidation sites excluding steroid dienone is 1. The van der Waals surface area contributed by atoms with Gasteiger partial charge >= 0.3 is 5.97 Å². The van der Waals surface area contributed by atoms with Crippen molar-refractivity contribution in [3.05, 3.63) is 46.6 Å². The van der Waals surface area contributed by atoms with Crippen molar-refractivity contribution < 1.29 is 9.53 Å². The first-order chi connectivity index (χ1) is 9.10. The van der Waals surface area contributed by atoms with Crippen LogP contribution in [0.15, 0.2) is 36.0 Å². The fourth-order valence-corrected chi connectivity index (χ4v) is 2.08. The average Bonchev–Trinajstić information content (AvgIpc) is 2.39. The van der Waals surface area contributed by atoms with Crippen molar-refractivity contribution in [3.8, 4) is 0 Å². The van der Waals surface area contributed by atoms with Gasteiger partial charge in [0.25, 0.3) is 0 Å². The van der Waals surface area contributed by atoms with E-state index in [0.717, 1.165) is 5.56 Å². The summed E-state index contributed by atoms with van der Waals surface area (Å²) in [7, 11) is 0. The molecule has 100 valence electrons. The number of benzene rings is 1. The van der Waals surface area contributed by atoms with Crippen molar-refractivity contribution in [3.63, 3.8) is 0 Å². The minimum Gasteiger partial charge on any atom is -0.461 e. The van der Waals surface area contributed by atoms with Gasteiger partial charge in [0.15, 0.2) is 0 Å². The van der Waals surface area contributed by atoms with Crippen LogP contribution in [0.5, 0.6) is 0 Å². The second-order valence-electron chi connectivity index (χ2n) is 4.26. The zero-order valence-corrected chi connectivity index (χ0v) is 11.3. The Morgan fingerprint density at radius 2 is 2.16 bits per heavy atom. The van der Waals surface area contributed by atoms with Crippen LogP contribution in [0.25, 0.3) is 0 Å². The standard InChI is InChI=1S/C14H15ClN2O2/c1-2-19-14(18)13-8-11(16)7-12(17-13)9-3-5-10(15)6-4-9/h3-6,8,12,16-17H,2,7H2,1H3. The average molecular weight is 279 g/mol. The molecular weight excluding hydrogens is 264 g/mol. The zero-order valence-electron chi connectivity index (χ0n) is 10.6. The van der Waals surface area contributed by atoms with Gasteiger partial charge in [-0.3, -0.25) is 0 Å². The largest absolute Gasteiger partial charge is 0.461 e. The number of carbonyl (C=O) groups excluding carboxylic acids is 1. The SMILES string of the molecule is CCOC(=O)C1=CC(=N)CC(c2ccc(Cl)cc2)N1. The number of halogens is 1. The third kappa shape index (κ3) is 3.35. The third-order valence-electron chi connectivity index (χ3n) is 2.84. The van der Waals surface area contributed by atoms with Crippen molar-refractivity contribution in [2.24, 2.45) is 0 Å². The predicted octanol–water partition coefficient (Wildman–Crippen LogP) is 2.84. The lowest BCUT2D eigenvalue weighted by atomic mass is 9.97. The number of hydrogen-bond donors (Lipinski definition) is 2. The maximum absolute atomic E-state index is 11.7. The summed E-state index contributed by atoms with van der Waals surface area (Å²) in [5.41, 5.74) is 1.73. The van der Waals surface area contributed by atoms with Gasteiger partial charge in [-0.05, 0) is 30.7 Å². The van der Waals surface area contributed by atoms with Gasteiger partial charge in [0.05, 0.1) is 12.6 Å². The van der Waals surface area contributed by atoms with E-state index in [0.29, 0.717) is 29.5 Å². The van der Waals surface area contributed by atoms with E-state index >= 15 is 0 Å². The van der Waals surface area contributed by atoms with Crippen LogP contribution in [0.2, 0.25) is 5.02 Å². The molecule has 0 bridgehead atoms. The maximum atomic E-state index is 11.7. The summed E-state index contributed by atoms with van der Waals surface area (Å²) >= 11 is 5.85. The van der Waals surface area contributed by atoms with Gasteiger partial charge in [-0.15, -0.1) is 0 Å². The van der Waals surface area contributed by atoms with Crippen molar-refractivity contribution in [2.45, 2.75) is 19.4 Å². The molecule has 1 aliphatic heterocycles. The molecule has 5 heteroatoms. The van der Waals surface area contributed by atoms with Gasteiger partial charge in [0, 0.05) is 17.2 Å². The summed E-state index contributed by atoms with van der Waals surface area (Å²) in [6.07, 6.45) is 2.05. The van der Waals surface area contributed by atoms with Gasteiger partial charge in [0.1, 0.15) is 5.70 Å². The van der Waals surface area contributed by atoms with Gasteiger partial charge in [-0.25, -0.2) is 4.79 Å². The van der Waals surface area contributed by atoms with E-state index in [-0.39, 0.29) is 6.04 Å². The van der Waals surface area contributed by atoms with Crippen molar-refractivity contribution in [1.82, 2.24) is 5.32 Å². The molecule has 0 aromatic heterocycles. The molecule has 0 aliphatic carbocycles. The second kappa shape index (κ2) is 5.89. The van der Waals surface area contributed by atoms with Crippen LogP contribution in [0.3, 0.4) is 0 Å². The Bertz CT molecular complexity index is 523. The van der Waals surface area contributed by atoms with E-state index in [4.69, 9.17) is 21.7 Å². The molecule has 1 atom stereocenters. The highest BCUT2D eigenvalue weighted by Gasteiger charge is 2.23. The van der Waals surface area contributed by atoms with E-state index in [1.807, 2.05) is 12.1 Å². The Balaban J connectivity index is 2.17. The Morgan fingerprint density at radius 3 is 2.79 bits per heavy atom. The summed E-state index contributed by atoms with van der Waals surface area (Å²) in [6, 6.07) is 7.27. The molecule has 1 aliphatic rings. The monoisotopic (exact) mass is 278 g/mol. The number of hydrogen-bond acceptors (Lipinski definition) is 4. The lowest BCUT2D eigenvalue weighted by Crippen LogP contribution is -2.32. The first-order valence-electron chi connectivity index (χ1n) is 6.08. The van der Waals surface area contributed by atoms with Crippen LogP contribution in [0, 0.1) is 5.41 Å². The molecule has 0 fully saturated rings. The van der Waals surface area contributed by atoms with Gasteiger partial charge < -0.3 is 15.5 Å². The van der Waals surface area contributed by atoms with Crippen molar-refractivity contribution >= 4 is 23.3 Å². The molecule has 0 saturated heterocycles. The predicted molar refractivity (Wildman–Crippen MR) is 74.4 cm³/mol. The smallest absolute Gasteiger partial charge is 0.354 e. The molecule has 0 spiro atoms.